The van der Waals surface area contributed by atoms with Crippen molar-refractivity contribution >= 4 is 11.8 Å². The monoisotopic (exact) mass is 294 g/mol. The lowest BCUT2D eigenvalue weighted by molar-refractivity contribution is -0.124. The van der Waals surface area contributed by atoms with Crippen LogP contribution < -0.4 is 11.1 Å². The number of amides is 2. The minimum atomic E-state index is -0.753. The van der Waals surface area contributed by atoms with E-state index in [0.717, 1.165) is 26.1 Å². The van der Waals surface area contributed by atoms with E-state index in [4.69, 9.17) is 5.73 Å². The lowest BCUT2D eigenvalue weighted by Crippen LogP contribution is -2.54. The van der Waals surface area contributed by atoms with E-state index in [2.05, 4.69) is 23.2 Å². The van der Waals surface area contributed by atoms with E-state index in [1.807, 2.05) is 0 Å². The molecule has 3 N–H and O–H groups in total. The summed E-state index contributed by atoms with van der Waals surface area (Å²) >= 11 is 0. The molecule has 0 aliphatic carbocycles. The van der Waals surface area contributed by atoms with E-state index >= 15 is 0 Å². The summed E-state index contributed by atoms with van der Waals surface area (Å²) in [6.45, 7) is 6.54. The SMILES string of the molecule is CCCN1CCC(C#N)(NC(=O)CCC(C)C(N)=O)CC1. The maximum absolute atomic E-state index is 12.0. The first-order chi connectivity index (χ1) is 9.92. The van der Waals surface area contributed by atoms with Crippen LogP contribution in [0.25, 0.3) is 0 Å². The zero-order valence-corrected chi connectivity index (χ0v) is 13.0. The molecule has 0 aromatic rings. The third-order valence-corrected chi connectivity index (χ3v) is 4.13. The smallest absolute Gasteiger partial charge is 0.221 e. The Morgan fingerprint density at radius 2 is 2.05 bits per heavy atom. The van der Waals surface area contributed by atoms with Crippen molar-refractivity contribution < 1.29 is 9.59 Å². The maximum Gasteiger partial charge on any atom is 0.221 e. The molecule has 1 rings (SSSR count). The summed E-state index contributed by atoms with van der Waals surface area (Å²) in [5.74, 6) is -0.889. The van der Waals surface area contributed by atoms with Gasteiger partial charge in [-0.25, -0.2) is 0 Å². The van der Waals surface area contributed by atoms with Gasteiger partial charge in [-0.3, -0.25) is 9.59 Å². The Morgan fingerprint density at radius 1 is 1.43 bits per heavy atom. The molecule has 1 heterocycles. The van der Waals surface area contributed by atoms with Crippen LogP contribution in [-0.4, -0.2) is 41.9 Å². The van der Waals surface area contributed by atoms with Crippen LogP contribution in [0.5, 0.6) is 0 Å². The van der Waals surface area contributed by atoms with Gasteiger partial charge in [0.1, 0.15) is 5.54 Å². The Bertz CT molecular complexity index is 408. The highest BCUT2D eigenvalue weighted by molar-refractivity contribution is 5.80. The number of carbonyl (C=O) groups is 2. The molecule has 21 heavy (non-hydrogen) atoms. The third kappa shape index (κ3) is 5.35. The van der Waals surface area contributed by atoms with Gasteiger partial charge < -0.3 is 16.0 Å². The number of nitrogens with two attached hydrogens (primary N) is 1. The van der Waals surface area contributed by atoms with Gasteiger partial charge in [-0.15, -0.1) is 0 Å². The highest BCUT2D eigenvalue weighted by Crippen LogP contribution is 2.22. The Morgan fingerprint density at radius 3 is 2.52 bits per heavy atom. The average Bonchev–Trinajstić information content (AvgIpc) is 2.47. The van der Waals surface area contributed by atoms with Crippen LogP contribution in [0, 0.1) is 17.2 Å². The number of nitrogens with zero attached hydrogens (tertiary/aromatic N) is 2. The fourth-order valence-electron chi connectivity index (χ4n) is 2.56. The molecule has 6 nitrogen and oxygen atoms in total. The summed E-state index contributed by atoms with van der Waals surface area (Å²) in [6.07, 6.45) is 3.05. The molecule has 1 atom stereocenters. The molecule has 1 fully saturated rings. The van der Waals surface area contributed by atoms with Crippen LogP contribution in [0.2, 0.25) is 0 Å². The van der Waals surface area contributed by atoms with Gasteiger partial charge in [0, 0.05) is 25.4 Å². The summed E-state index contributed by atoms with van der Waals surface area (Å²) in [4.78, 5) is 25.2. The topological polar surface area (TPSA) is 99.2 Å². The maximum atomic E-state index is 12.0. The van der Waals surface area contributed by atoms with Crippen molar-refractivity contribution in [3.63, 3.8) is 0 Å². The predicted molar refractivity (Wildman–Crippen MR) is 80.0 cm³/mol. The highest BCUT2D eigenvalue weighted by atomic mass is 16.2. The summed E-state index contributed by atoms with van der Waals surface area (Å²) < 4.78 is 0. The van der Waals surface area contributed by atoms with Gasteiger partial charge in [0.05, 0.1) is 6.07 Å². The van der Waals surface area contributed by atoms with Crippen molar-refractivity contribution in [3.05, 3.63) is 0 Å². The zero-order chi connectivity index (χ0) is 15.9. The number of rotatable bonds is 7. The quantitative estimate of drug-likeness (QED) is 0.724. The largest absolute Gasteiger partial charge is 0.369 e. The van der Waals surface area contributed by atoms with Crippen LogP contribution in [-0.2, 0) is 9.59 Å². The van der Waals surface area contributed by atoms with E-state index in [-0.39, 0.29) is 18.2 Å². The van der Waals surface area contributed by atoms with Crippen LogP contribution in [0.15, 0.2) is 0 Å². The number of hydrogen-bond acceptors (Lipinski definition) is 4. The van der Waals surface area contributed by atoms with Crippen molar-refractivity contribution in [2.45, 2.75) is 51.5 Å². The Balaban J connectivity index is 2.45. The number of carbonyl (C=O) groups excluding carboxylic acids is 2. The van der Waals surface area contributed by atoms with E-state index in [1.54, 1.807) is 6.92 Å². The second-order valence-corrected chi connectivity index (χ2v) is 5.93. The van der Waals surface area contributed by atoms with E-state index in [1.165, 1.54) is 0 Å². The highest BCUT2D eigenvalue weighted by Gasteiger charge is 2.35. The van der Waals surface area contributed by atoms with Crippen molar-refractivity contribution in [2.24, 2.45) is 11.7 Å². The van der Waals surface area contributed by atoms with Gasteiger partial charge in [-0.1, -0.05) is 13.8 Å². The second kappa shape index (κ2) is 7.99. The standard InChI is InChI=1S/C15H26N4O2/c1-3-8-19-9-6-15(11-16,7-10-19)18-13(20)5-4-12(2)14(17)21/h12H,3-10H2,1-2H3,(H2,17,21)(H,18,20). The molecule has 0 bridgehead atoms. The van der Waals surface area contributed by atoms with Crippen molar-refractivity contribution in [1.29, 1.82) is 5.26 Å². The molecular formula is C15H26N4O2. The van der Waals surface area contributed by atoms with E-state index in [0.29, 0.717) is 19.3 Å². The van der Waals surface area contributed by atoms with Crippen molar-refractivity contribution in [2.75, 3.05) is 19.6 Å². The Hall–Kier alpha value is -1.61. The first-order valence-corrected chi connectivity index (χ1v) is 7.66. The van der Waals surface area contributed by atoms with Crippen molar-refractivity contribution in [1.82, 2.24) is 10.2 Å². The molecule has 0 aromatic heterocycles. The normalized spacial score (nSPS) is 19.5. The van der Waals surface area contributed by atoms with Crippen molar-refractivity contribution in [3.8, 4) is 6.07 Å². The molecule has 0 spiro atoms. The molecule has 0 radical (unpaired) electrons. The molecule has 1 unspecified atom stereocenters. The summed E-state index contributed by atoms with van der Waals surface area (Å²) in [5.41, 5.74) is 4.42. The van der Waals surface area contributed by atoms with Crippen LogP contribution in [0.1, 0.15) is 46.0 Å². The van der Waals surface area contributed by atoms with Gasteiger partial charge in [-0.2, -0.15) is 5.26 Å². The molecule has 1 aliphatic rings. The minimum Gasteiger partial charge on any atom is -0.369 e. The number of nitrogens with one attached hydrogen (secondary N) is 1. The molecular weight excluding hydrogens is 268 g/mol. The number of piperidine rings is 1. The summed E-state index contributed by atoms with van der Waals surface area (Å²) in [5, 5.41) is 12.3. The zero-order valence-electron chi connectivity index (χ0n) is 13.0. The first-order valence-electron chi connectivity index (χ1n) is 7.66. The summed E-state index contributed by atoms with van der Waals surface area (Å²) in [7, 11) is 0. The number of likely N-dealkylation sites (tertiary alicyclic amines) is 1. The molecule has 118 valence electrons. The van der Waals surface area contributed by atoms with Crippen LogP contribution in [0.4, 0.5) is 0 Å². The van der Waals surface area contributed by atoms with Gasteiger partial charge >= 0.3 is 0 Å². The lowest BCUT2D eigenvalue weighted by atomic mass is 9.88. The second-order valence-electron chi connectivity index (χ2n) is 5.93. The molecule has 1 saturated heterocycles. The van der Waals surface area contributed by atoms with Gasteiger partial charge in [0.25, 0.3) is 0 Å². The van der Waals surface area contributed by atoms with E-state index < -0.39 is 11.4 Å². The third-order valence-electron chi connectivity index (χ3n) is 4.13. The molecule has 0 aromatic carbocycles. The first kappa shape index (κ1) is 17.4. The molecule has 2 amide bonds. The fourth-order valence-corrected chi connectivity index (χ4v) is 2.56. The van der Waals surface area contributed by atoms with Gasteiger partial charge in [-0.05, 0) is 32.2 Å². The number of primary amides is 1. The summed E-state index contributed by atoms with van der Waals surface area (Å²) in [6, 6.07) is 2.27. The average molecular weight is 294 g/mol. The number of nitriles is 1. The predicted octanol–water partition coefficient (Wildman–Crippen LogP) is 0.772. The van der Waals surface area contributed by atoms with E-state index in [9.17, 15) is 14.9 Å². The Kier molecular flexibility index (Phi) is 6.63. The van der Waals surface area contributed by atoms with Crippen LogP contribution in [0.3, 0.4) is 0 Å². The molecule has 6 heteroatoms. The van der Waals surface area contributed by atoms with Gasteiger partial charge in [0.15, 0.2) is 0 Å². The molecule has 1 aliphatic heterocycles. The lowest BCUT2D eigenvalue weighted by Gasteiger charge is -2.37. The fraction of sp³-hybridized carbons (Fsp3) is 0.800. The minimum absolute atomic E-state index is 0.173. The number of hydrogen-bond donors (Lipinski definition) is 2. The van der Waals surface area contributed by atoms with Gasteiger partial charge in [0.2, 0.25) is 11.8 Å². The Labute approximate surface area is 126 Å². The molecule has 0 saturated carbocycles. The van der Waals surface area contributed by atoms with Crippen LogP contribution >= 0.6 is 0 Å².